The monoisotopic (exact) mass is 371 g/mol. The maximum atomic E-state index is 12.8. The van der Waals surface area contributed by atoms with Gasteiger partial charge in [0.25, 0.3) is 5.91 Å². The second-order valence-corrected chi connectivity index (χ2v) is 7.09. The molecule has 5 nitrogen and oxygen atoms in total. The highest BCUT2D eigenvalue weighted by Gasteiger charge is 2.25. The summed E-state index contributed by atoms with van der Waals surface area (Å²) < 4.78 is 0. The third-order valence-corrected chi connectivity index (χ3v) is 4.90. The van der Waals surface area contributed by atoms with Gasteiger partial charge in [-0.05, 0) is 38.9 Å². The topological polar surface area (TPSA) is 61.4 Å². The summed E-state index contributed by atoms with van der Waals surface area (Å²) in [7, 11) is 1.85. The van der Waals surface area contributed by atoms with Crippen LogP contribution in [0.2, 0.25) is 0 Å². The fourth-order valence-electron chi connectivity index (χ4n) is 2.60. The second-order valence-electron chi connectivity index (χ2n) is 6.07. The Balaban J connectivity index is 0.00000288. The Kier molecular flexibility index (Phi) is 8.59. The van der Waals surface area contributed by atoms with Gasteiger partial charge in [-0.1, -0.05) is 12.1 Å². The number of halogens is 1. The van der Waals surface area contributed by atoms with Crippen molar-refractivity contribution in [2.75, 3.05) is 25.9 Å². The Morgan fingerprint density at radius 1 is 1.38 bits per heavy atom. The number of benzene rings is 1. The van der Waals surface area contributed by atoms with Gasteiger partial charge in [0.05, 0.1) is 11.3 Å². The van der Waals surface area contributed by atoms with Crippen LogP contribution >= 0.6 is 24.2 Å². The maximum absolute atomic E-state index is 12.8. The van der Waals surface area contributed by atoms with Crippen molar-refractivity contribution in [3.05, 3.63) is 29.8 Å². The average molecular weight is 372 g/mol. The highest BCUT2D eigenvalue weighted by Crippen LogP contribution is 2.24. The summed E-state index contributed by atoms with van der Waals surface area (Å²) in [6.07, 6.45) is 0.981. The fourth-order valence-corrected chi connectivity index (χ4v) is 3.46. The second kappa shape index (κ2) is 9.91. The van der Waals surface area contributed by atoms with Crippen LogP contribution in [0.3, 0.4) is 0 Å². The molecule has 0 bridgehead atoms. The van der Waals surface area contributed by atoms with Crippen molar-refractivity contribution in [2.45, 2.75) is 37.2 Å². The van der Waals surface area contributed by atoms with Gasteiger partial charge in [-0.2, -0.15) is 0 Å². The number of hydrogen-bond donors (Lipinski definition) is 2. The van der Waals surface area contributed by atoms with Crippen LogP contribution in [0.25, 0.3) is 0 Å². The Hall–Kier alpha value is -1.24. The van der Waals surface area contributed by atoms with Crippen LogP contribution in [0.4, 0.5) is 0 Å². The standard InChI is InChI=1S/C17H25N3O2S.ClH/c1-12(2)19-16(21)11-23-15-7-5-4-6-14(15)17(22)20(3)13-8-9-18-10-13;/h4-7,12-13,18H,8-11H2,1-3H3,(H,19,21);1H. The van der Waals surface area contributed by atoms with Gasteiger partial charge >= 0.3 is 0 Å². The van der Waals surface area contributed by atoms with Crippen LogP contribution < -0.4 is 10.6 Å². The summed E-state index contributed by atoms with van der Waals surface area (Å²) in [4.78, 5) is 27.2. The number of carbonyl (C=O) groups excluding carboxylic acids is 2. The lowest BCUT2D eigenvalue weighted by molar-refractivity contribution is -0.119. The molecule has 0 saturated carbocycles. The minimum absolute atomic E-state index is 0. The van der Waals surface area contributed by atoms with Gasteiger partial charge in [-0.3, -0.25) is 9.59 Å². The summed E-state index contributed by atoms with van der Waals surface area (Å²) in [5.74, 6) is 0.323. The van der Waals surface area contributed by atoms with Gasteiger partial charge in [0, 0.05) is 30.6 Å². The van der Waals surface area contributed by atoms with Gasteiger partial charge in [-0.15, -0.1) is 24.2 Å². The van der Waals surface area contributed by atoms with Crippen molar-refractivity contribution in [3.63, 3.8) is 0 Å². The molecule has 0 aromatic heterocycles. The summed E-state index contributed by atoms with van der Waals surface area (Å²) in [5.41, 5.74) is 0.671. The predicted molar refractivity (Wildman–Crippen MR) is 101 cm³/mol. The smallest absolute Gasteiger partial charge is 0.255 e. The van der Waals surface area contributed by atoms with Crippen molar-refractivity contribution >= 4 is 36.0 Å². The SMILES string of the molecule is CC(C)NC(=O)CSc1ccccc1C(=O)N(C)C1CCNC1.Cl. The fraction of sp³-hybridized carbons (Fsp3) is 0.529. The predicted octanol–water partition coefficient (Wildman–Crippen LogP) is 2.16. The molecule has 0 aliphatic carbocycles. The number of rotatable bonds is 6. The van der Waals surface area contributed by atoms with Crippen LogP contribution in [0, 0.1) is 0 Å². The first kappa shape index (κ1) is 20.8. The zero-order valence-corrected chi connectivity index (χ0v) is 16.0. The molecule has 0 spiro atoms. The van der Waals surface area contributed by atoms with E-state index in [0.717, 1.165) is 24.4 Å². The molecular formula is C17H26ClN3O2S. The normalized spacial score (nSPS) is 16.6. The molecule has 24 heavy (non-hydrogen) atoms. The largest absolute Gasteiger partial charge is 0.353 e. The molecule has 1 atom stereocenters. The molecule has 2 N–H and O–H groups in total. The van der Waals surface area contributed by atoms with Gasteiger partial charge < -0.3 is 15.5 Å². The van der Waals surface area contributed by atoms with Gasteiger partial charge in [0.15, 0.2) is 0 Å². The van der Waals surface area contributed by atoms with Crippen molar-refractivity contribution in [3.8, 4) is 0 Å². The van der Waals surface area contributed by atoms with Crippen molar-refractivity contribution in [1.82, 2.24) is 15.5 Å². The van der Waals surface area contributed by atoms with Crippen molar-refractivity contribution in [2.24, 2.45) is 0 Å². The number of nitrogens with one attached hydrogen (secondary N) is 2. The quantitative estimate of drug-likeness (QED) is 0.752. The van der Waals surface area contributed by atoms with Crippen LogP contribution in [-0.2, 0) is 4.79 Å². The number of carbonyl (C=O) groups is 2. The van der Waals surface area contributed by atoms with E-state index in [2.05, 4.69) is 10.6 Å². The number of likely N-dealkylation sites (N-methyl/N-ethyl adjacent to an activating group) is 1. The molecule has 2 rings (SSSR count). The van der Waals surface area contributed by atoms with E-state index in [4.69, 9.17) is 0 Å². The van der Waals surface area contributed by atoms with E-state index < -0.39 is 0 Å². The molecule has 134 valence electrons. The molecule has 1 aliphatic rings. The van der Waals surface area contributed by atoms with E-state index in [9.17, 15) is 9.59 Å². The van der Waals surface area contributed by atoms with Gasteiger partial charge in [0.1, 0.15) is 0 Å². The lowest BCUT2D eigenvalue weighted by atomic mass is 10.1. The highest BCUT2D eigenvalue weighted by atomic mass is 35.5. The van der Waals surface area contributed by atoms with E-state index in [1.807, 2.05) is 50.1 Å². The Bertz CT molecular complexity index is 563. The first-order valence-electron chi connectivity index (χ1n) is 7.98. The molecule has 1 saturated heterocycles. The molecule has 1 aromatic rings. The summed E-state index contributed by atoms with van der Waals surface area (Å²) >= 11 is 1.41. The molecule has 1 aliphatic heterocycles. The Morgan fingerprint density at radius 2 is 2.08 bits per heavy atom. The van der Waals surface area contributed by atoms with Gasteiger partial charge in [0.2, 0.25) is 5.91 Å². The molecule has 1 unspecified atom stereocenters. The van der Waals surface area contributed by atoms with Crippen LogP contribution in [0.5, 0.6) is 0 Å². The Labute approximate surface area is 154 Å². The van der Waals surface area contributed by atoms with Gasteiger partial charge in [-0.25, -0.2) is 0 Å². The molecule has 1 fully saturated rings. The van der Waals surface area contributed by atoms with E-state index in [0.29, 0.717) is 11.3 Å². The highest BCUT2D eigenvalue weighted by molar-refractivity contribution is 8.00. The number of hydrogen-bond acceptors (Lipinski definition) is 4. The molecule has 1 heterocycles. The zero-order valence-electron chi connectivity index (χ0n) is 14.4. The molecule has 2 amide bonds. The third-order valence-electron chi connectivity index (χ3n) is 3.83. The van der Waals surface area contributed by atoms with E-state index in [-0.39, 0.29) is 36.3 Å². The minimum Gasteiger partial charge on any atom is -0.353 e. The van der Waals surface area contributed by atoms with Crippen LogP contribution in [0.15, 0.2) is 29.2 Å². The van der Waals surface area contributed by atoms with Crippen molar-refractivity contribution in [1.29, 1.82) is 0 Å². The zero-order chi connectivity index (χ0) is 16.8. The minimum atomic E-state index is -0.0133. The van der Waals surface area contributed by atoms with Crippen LogP contribution in [0.1, 0.15) is 30.6 Å². The van der Waals surface area contributed by atoms with Crippen LogP contribution in [-0.4, -0.2) is 54.7 Å². The van der Waals surface area contributed by atoms with E-state index in [1.165, 1.54) is 11.8 Å². The van der Waals surface area contributed by atoms with E-state index in [1.54, 1.807) is 0 Å². The number of amides is 2. The number of thioether (sulfide) groups is 1. The lowest BCUT2D eigenvalue weighted by Crippen LogP contribution is -2.38. The molecule has 1 aromatic carbocycles. The molecule has 0 radical (unpaired) electrons. The Morgan fingerprint density at radius 3 is 2.71 bits per heavy atom. The average Bonchev–Trinajstić information content (AvgIpc) is 3.05. The number of nitrogens with zero attached hydrogens (tertiary/aromatic N) is 1. The first-order chi connectivity index (χ1) is 11.0. The van der Waals surface area contributed by atoms with Crippen molar-refractivity contribution < 1.29 is 9.59 Å². The first-order valence-corrected chi connectivity index (χ1v) is 8.96. The lowest BCUT2D eigenvalue weighted by Gasteiger charge is -2.24. The maximum Gasteiger partial charge on any atom is 0.255 e. The summed E-state index contributed by atoms with van der Waals surface area (Å²) in [6.45, 7) is 5.66. The molecule has 7 heteroatoms. The van der Waals surface area contributed by atoms with E-state index >= 15 is 0 Å². The summed E-state index contributed by atoms with van der Waals surface area (Å²) in [5, 5.41) is 6.15. The summed E-state index contributed by atoms with van der Waals surface area (Å²) in [6, 6.07) is 7.87. The molecular weight excluding hydrogens is 346 g/mol. The third kappa shape index (κ3) is 5.69.